The molecule has 0 saturated heterocycles. The Labute approximate surface area is 75.2 Å². The van der Waals surface area contributed by atoms with Gasteiger partial charge in [-0.3, -0.25) is 0 Å². The molecule has 0 spiro atoms. The second-order valence-corrected chi connectivity index (χ2v) is 3.96. The summed E-state index contributed by atoms with van der Waals surface area (Å²) in [7, 11) is 0. The van der Waals surface area contributed by atoms with Crippen molar-refractivity contribution in [1.29, 1.82) is 0 Å². The van der Waals surface area contributed by atoms with Crippen molar-refractivity contribution in [2.45, 2.75) is 57.6 Å². The van der Waals surface area contributed by atoms with Gasteiger partial charge in [0.25, 0.3) is 0 Å². The molecule has 12 heavy (non-hydrogen) atoms. The van der Waals surface area contributed by atoms with Crippen LogP contribution in [0, 0.1) is 5.92 Å². The van der Waals surface area contributed by atoms with Crippen molar-refractivity contribution in [3.8, 4) is 0 Å². The van der Waals surface area contributed by atoms with Gasteiger partial charge in [0.15, 0.2) is 0 Å². The van der Waals surface area contributed by atoms with Crippen molar-refractivity contribution < 1.29 is 5.11 Å². The van der Waals surface area contributed by atoms with Crippen molar-refractivity contribution in [2.24, 2.45) is 11.7 Å². The van der Waals surface area contributed by atoms with Gasteiger partial charge in [0.1, 0.15) is 0 Å². The summed E-state index contributed by atoms with van der Waals surface area (Å²) in [4.78, 5) is 0. The van der Waals surface area contributed by atoms with Gasteiger partial charge in [0.2, 0.25) is 0 Å². The monoisotopic (exact) mass is 171 g/mol. The Hall–Kier alpha value is -0.0800. The molecule has 0 aromatic carbocycles. The number of hydrogen-bond donors (Lipinski definition) is 2. The van der Waals surface area contributed by atoms with E-state index in [2.05, 4.69) is 0 Å². The smallest absolute Gasteiger partial charge is 0.0719 e. The van der Waals surface area contributed by atoms with E-state index in [1.165, 1.54) is 32.1 Å². The van der Waals surface area contributed by atoms with E-state index in [0.717, 1.165) is 6.42 Å². The predicted molar refractivity (Wildman–Crippen MR) is 50.8 cm³/mol. The highest BCUT2D eigenvalue weighted by Crippen LogP contribution is 2.27. The molecule has 1 saturated carbocycles. The normalized spacial score (nSPS) is 25.2. The average Bonchev–Trinajstić information content (AvgIpc) is 2.17. The lowest BCUT2D eigenvalue weighted by Gasteiger charge is -2.29. The van der Waals surface area contributed by atoms with Crippen molar-refractivity contribution in [3.63, 3.8) is 0 Å². The summed E-state index contributed by atoms with van der Waals surface area (Å²) in [6.45, 7) is 2.04. The maximum absolute atomic E-state index is 9.82. The van der Waals surface area contributed by atoms with Crippen molar-refractivity contribution in [1.82, 2.24) is 0 Å². The lowest BCUT2D eigenvalue weighted by atomic mass is 9.82. The van der Waals surface area contributed by atoms with Crippen molar-refractivity contribution >= 4 is 0 Å². The Kier molecular flexibility index (Phi) is 4.02. The van der Waals surface area contributed by atoms with Crippen LogP contribution < -0.4 is 5.73 Å². The summed E-state index contributed by atoms with van der Waals surface area (Å²) in [6.07, 6.45) is 6.87. The summed E-state index contributed by atoms with van der Waals surface area (Å²) in [6, 6.07) is -0.00639. The van der Waals surface area contributed by atoms with Gasteiger partial charge in [-0.2, -0.15) is 0 Å². The van der Waals surface area contributed by atoms with Gasteiger partial charge in [0.05, 0.1) is 6.10 Å². The highest BCUT2D eigenvalue weighted by molar-refractivity contribution is 4.80. The molecule has 0 aliphatic heterocycles. The molecule has 1 rings (SSSR count). The second-order valence-electron chi connectivity index (χ2n) is 3.96. The van der Waals surface area contributed by atoms with Crippen LogP contribution in [0.3, 0.4) is 0 Å². The summed E-state index contributed by atoms with van der Waals surface area (Å²) < 4.78 is 0. The van der Waals surface area contributed by atoms with Gasteiger partial charge in [-0.15, -0.1) is 0 Å². The molecule has 0 heterocycles. The van der Waals surface area contributed by atoms with Crippen LogP contribution in [0.1, 0.15) is 45.4 Å². The predicted octanol–water partition coefficient (Wildman–Crippen LogP) is 1.66. The maximum atomic E-state index is 9.82. The third kappa shape index (κ3) is 2.46. The molecule has 1 aliphatic rings. The first-order valence-electron chi connectivity index (χ1n) is 5.19. The number of nitrogens with two attached hydrogens (primary N) is 1. The molecule has 0 bridgehead atoms. The number of aliphatic hydroxyl groups is 1. The zero-order chi connectivity index (χ0) is 8.97. The third-order valence-electron chi connectivity index (χ3n) is 3.04. The Morgan fingerprint density at radius 1 is 1.33 bits per heavy atom. The van der Waals surface area contributed by atoms with Crippen LogP contribution >= 0.6 is 0 Å². The summed E-state index contributed by atoms with van der Waals surface area (Å²) in [5.74, 6) is 0.480. The van der Waals surface area contributed by atoms with E-state index in [-0.39, 0.29) is 12.1 Å². The Bertz CT molecular complexity index is 121. The van der Waals surface area contributed by atoms with E-state index in [9.17, 15) is 5.11 Å². The highest BCUT2D eigenvalue weighted by atomic mass is 16.3. The molecule has 2 atom stereocenters. The molecule has 3 N–H and O–H groups in total. The van der Waals surface area contributed by atoms with Gasteiger partial charge in [-0.25, -0.2) is 0 Å². The van der Waals surface area contributed by atoms with E-state index >= 15 is 0 Å². The Balaban J connectivity index is 2.33. The largest absolute Gasteiger partial charge is 0.391 e. The van der Waals surface area contributed by atoms with E-state index in [4.69, 9.17) is 5.73 Å². The van der Waals surface area contributed by atoms with E-state index in [1.54, 1.807) is 0 Å². The van der Waals surface area contributed by atoms with Gasteiger partial charge >= 0.3 is 0 Å². The van der Waals surface area contributed by atoms with Crippen molar-refractivity contribution in [2.75, 3.05) is 0 Å². The first kappa shape index (κ1) is 10.0. The van der Waals surface area contributed by atoms with E-state index in [0.29, 0.717) is 5.92 Å². The lowest BCUT2D eigenvalue weighted by Crippen LogP contribution is -2.40. The minimum atomic E-state index is -0.254. The fourth-order valence-corrected chi connectivity index (χ4v) is 2.07. The topological polar surface area (TPSA) is 46.2 Å². The fourth-order valence-electron chi connectivity index (χ4n) is 2.07. The minimum absolute atomic E-state index is 0.00639. The molecule has 2 heteroatoms. The van der Waals surface area contributed by atoms with Gasteiger partial charge in [-0.1, -0.05) is 26.2 Å². The van der Waals surface area contributed by atoms with Crippen LogP contribution in [0.2, 0.25) is 0 Å². The van der Waals surface area contributed by atoms with Gasteiger partial charge < -0.3 is 10.8 Å². The first-order valence-corrected chi connectivity index (χ1v) is 5.19. The quantitative estimate of drug-likeness (QED) is 0.678. The lowest BCUT2D eigenvalue weighted by molar-refractivity contribution is 0.0609. The summed E-state index contributed by atoms with van der Waals surface area (Å²) in [5, 5.41) is 9.82. The molecule has 72 valence electrons. The van der Waals surface area contributed by atoms with Crippen LogP contribution in [0.25, 0.3) is 0 Å². The number of aliphatic hydroxyl groups excluding tert-OH is 1. The van der Waals surface area contributed by atoms with Crippen LogP contribution in [-0.2, 0) is 0 Å². The maximum Gasteiger partial charge on any atom is 0.0719 e. The zero-order valence-electron chi connectivity index (χ0n) is 8.00. The molecule has 1 aliphatic carbocycles. The summed E-state index contributed by atoms with van der Waals surface area (Å²) in [5.41, 5.74) is 5.80. The zero-order valence-corrected chi connectivity index (χ0v) is 8.00. The summed E-state index contributed by atoms with van der Waals surface area (Å²) >= 11 is 0. The molecule has 0 aromatic rings. The highest BCUT2D eigenvalue weighted by Gasteiger charge is 2.25. The Morgan fingerprint density at radius 3 is 2.42 bits per heavy atom. The fraction of sp³-hybridized carbons (Fsp3) is 1.00. The van der Waals surface area contributed by atoms with Crippen LogP contribution in [0.5, 0.6) is 0 Å². The number of rotatable bonds is 3. The molecule has 2 nitrogen and oxygen atoms in total. The Morgan fingerprint density at radius 2 is 1.92 bits per heavy atom. The third-order valence-corrected chi connectivity index (χ3v) is 3.04. The molecule has 2 unspecified atom stereocenters. The standard InChI is InChI=1S/C10H21NO/c1-2-9(11)10(12)8-6-4-3-5-7-8/h8-10,12H,2-7,11H2,1H3. The van der Waals surface area contributed by atoms with Gasteiger partial charge in [-0.05, 0) is 25.2 Å². The minimum Gasteiger partial charge on any atom is -0.391 e. The SMILES string of the molecule is CCC(N)C(O)C1CCCCC1. The molecular weight excluding hydrogens is 150 g/mol. The molecule has 1 fully saturated rings. The molecule has 0 radical (unpaired) electrons. The molecule has 0 amide bonds. The van der Waals surface area contributed by atoms with Gasteiger partial charge in [0, 0.05) is 6.04 Å². The van der Waals surface area contributed by atoms with E-state index in [1.807, 2.05) is 6.92 Å². The second kappa shape index (κ2) is 4.83. The van der Waals surface area contributed by atoms with E-state index < -0.39 is 0 Å². The van der Waals surface area contributed by atoms with Crippen LogP contribution in [-0.4, -0.2) is 17.3 Å². The van der Waals surface area contributed by atoms with Crippen LogP contribution in [0.4, 0.5) is 0 Å². The molecular formula is C10H21NO. The first-order chi connectivity index (χ1) is 5.75. The van der Waals surface area contributed by atoms with Crippen molar-refractivity contribution in [3.05, 3.63) is 0 Å². The average molecular weight is 171 g/mol. The number of hydrogen-bond acceptors (Lipinski definition) is 2. The molecule has 0 aromatic heterocycles. The van der Waals surface area contributed by atoms with Crippen LogP contribution in [0.15, 0.2) is 0 Å².